The molecule has 1 N–H and O–H groups in total. The molecule has 0 aromatic heterocycles. The van der Waals surface area contributed by atoms with Crippen LogP contribution in [0.25, 0.3) is 0 Å². The summed E-state index contributed by atoms with van der Waals surface area (Å²) in [7, 11) is 0. The average molecular weight is 455 g/mol. The maximum atomic E-state index is 13.3. The molecular formula is C28H30N4O2. The van der Waals surface area contributed by atoms with Crippen LogP contribution in [0, 0.1) is 0 Å². The normalized spacial score (nSPS) is 21.8. The molecule has 0 saturated carbocycles. The molecule has 3 amide bonds. The van der Waals surface area contributed by atoms with Gasteiger partial charge in [-0.25, -0.2) is 9.69 Å². The number of hydrogen-bond acceptors (Lipinski definition) is 4. The first-order valence-electron chi connectivity index (χ1n) is 11.8. The number of piperazine rings is 1. The summed E-state index contributed by atoms with van der Waals surface area (Å²) in [6.45, 7) is 5.37. The minimum Gasteiger partial charge on any atom is -0.319 e. The number of amides is 3. The van der Waals surface area contributed by atoms with Crippen molar-refractivity contribution in [1.82, 2.24) is 20.0 Å². The van der Waals surface area contributed by atoms with Crippen LogP contribution >= 0.6 is 0 Å². The number of hydrogen-bond donors (Lipinski definition) is 1. The van der Waals surface area contributed by atoms with Crippen molar-refractivity contribution in [2.75, 3.05) is 32.8 Å². The van der Waals surface area contributed by atoms with E-state index in [2.05, 4.69) is 63.6 Å². The molecule has 3 aromatic carbocycles. The molecule has 174 valence electrons. The van der Waals surface area contributed by atoms with Crippen molar-refractivity contribution < 1.29 is 9.59 Å². The molecule has 2 saturated heterocycles. The fraction of sp³-hybridized carbons (Fsp3) is 0.286. The van der Waals surface area contributed by atoms with Crippen molar-refractivity contribution in [2.45, 2.75) is 18.5 Å². The van der Waals surface area contributed by atoms with Crippen molar-refractivity contribution in [3.63, 3.8) is 0 Å². The Kier molecular flexibility index (Phi) is 6.18. The molecule has 0 spiro atoms. The summed E-state index contributed by atoms with van der Waals surface area (Å²) < 4.78 is 0. The van der Waals surface area contributed by atoms with Crippen molar-refractivity contribution >= 4 is 11.9 Å². The summed E-state index contributed by atoms with van der Waals surface area (Å²) in [5.41, 5.74) is 2.32. The maximum absolute atomic E-state index is 13.3. The first kappa shape index (κ1) is 22.3. The molecule has 2 fully saturated rings. The Hall–Kier alpha value is -3.48. The van der Waals surface area contributed by atoms with E-state index in [4.69, 9.17) is 0 Å². The van der Waals surface area contributed by atoms with Crippen molar-refractivity contribution in [3.05, 3.63) is 108 Å². The second-order valence-electron chi connectivity index (χ2n) is 9.17. The lowest BCUT2D eigenvalue weighted by atomic mass is 9.92. The minimum absolute atomic E-state index is 0.183. The van der Waals surface area contributed by atoms with E-state index >= 15 is 0 Å². The second kappa shape index (κ2) is 9.41. The summed E-state index contributed by atoms with van der Waals surface area (Å²) in [4.78, 5) is 32.0. The minimum atomic E-state index is -1.02. The number of benzene rings is 3. The molecule has 2 heterocycles. The van der Waals surface area contributed by atoms with Gasteiger partial charge in [0.1, 0.15) is 5.54 Å². The first-order valence-corrected chi connectivity index (χ1v) is 11.8. The number of nitrogens with one attached hydrogen (secondary N) is 1. The number of rotatable bonds is 6. The van der Waals surface area contributed by atoms with Gasteiger partial charge >= 0.3 is 6.03 Å². The highest BCUT2D eigenvalue weighted by Crippen LogP contribution is 2.31. The highest BCUT2D eigenvalue weighted by Gasteiger charge is 2.49. The fourth-order valence-corrected chi connectivity index (χ4v) is 5.04. The molecule has 3 aromatic rings. The summed E-state index contributed by atoms with van der Waals surface area (Å²) in [5, 5.41) is 2.91. The predicted molar refractivity (Wildman–Crippen MR) is 132 cm³/mol. The van der Waals surface area contributed by atoms with E-state index < -0.39 is 5.54 Å². The molecule has 34 heavy (non-hydrogen) atoms. The van der Waals surface area contributed by atoms with E-state index in [1.807, 2.05) is 42.5 Å². The van der Waals surface area contributed by atoms with Crippen LogP contribution in [0.5, 0.6) is 0 Å². The Bertz CT molecular complexity index is 1090. The zero-order valence-corrected chi connectivity index (χ0v) is 19.4. The fourth-order valence-electron chi connectivity index (χ4n) is 5.04. The molecular weight excluding hydrogens is 424 g/mol. The van der Waals surface area contributed by atoms with Gasteiger partial charge in [0, 0.05) is 26.2 Å². The third-order valence-electron chi connectivity index (χ3n) is 6.97. The SMILES string of the molecule is C[C@]1(c2ccccc2)NC(=O)N(CN2CCN(C(c3ccccc3)c3ccccc3)CC2)C1=O. The zero-order chi connectivity index (χ0) is 23.5. The van der Waals surface area contributed by atoms with Gasteiger partial charge in [-0.2, -0.15) is 0 Å². The lowest BCUT2D eigenvalue weighted by Crippen LogP contribution is -2.52. The Balaban J connectivity index is 1.27. The molecule has 0 bridgehead atoms. The zero-order valence-electron chi connectivity index (χ0n) is 19.4. The predicted octanol–water partition coefficient (Wildman–Crippen LogP) is 3.82. The number of carbonyl (C=O) groups is 2. The summed E-state index contributed by atoms with van der Waals surface area (Å²) >= 11 is 0. The average Bonchev–Trinajstić information content (AvgIpc) is 3.11. The lowest BCUT2D eigenvalue weighted by molar-refractivity contribution is -0.132. The van der Waals surface area contributed by atoms with Crippen LogP contribution in [-0.2, 0) is 10.3 Å². The van der Waals surface area contributed by atoms with E-state index in [1.54, 1.807) is 6.92 Å². The molecule has 5 rings (SSSR count). The van der Waals surface area contributed by atoms with Gasteiger partial charge in [0.2, 0.25) is 0 Å². The number of urea groups is 1. The molecule has 2 aliphatic heterocycles. The second-order valence-corrected chi connectivity index (χ2v) is 9.17. The molecule has 0 aliphatic carbocycles. The van der Waals surface area contributed by atoms with Gasteiger partial charge in [-0.05, 0) is 23.6 Å². The maximum Gasteiger partial charge on any atom is 0.326 e. The van der Waals surface area contributed by atoms with Crippen LogP contribution in [0.1, 0.15) is 29.7 Å². The van der Waals surface area contributed by atoms with Gasteiger partial charge in [0.15, 0.2) is 0 Å². The van der Waals surface area contributed by atoms with Crippen molar-refractivity contribution in [3.8, 4) is 0 Å². The van der Waals surface area contributed by atoms with E-state index in [0.29, 0.717) is 6.67 Å². The van der Waals surface area contributed by atoms with E-state index in [9.17, 15) is 9.59 Å². The number of carbonyl (C=O) groups excluding carboxylic acids is 2. The highest BCUT2D eigenvalue weighted by molar-refractivity contribution is 6.07. The Morgan fingerprint density at radius 3 is 1.79 bits per heavy atom. The van der Waals surface area contributed by atoms with Crippen molar-refractivity contribution in [1.29, 1.82) is 0 Å². The standard InChI is InChI=1S/C28H30N4O2/c1-28(24-15-9-4-10-16-24)26(33)32(27(34)29-28)21-30-17-19-31(20-18-30)25(22-11-5-2-6-12-22)23-13-7-3-8-14-23/h2-16,25H,17-21H2,1H3,(H,29,34)/t28-/m1/s1. The van der Waals surface area contributed by atoms with E-state index in [0.717, 1.165) is 31.7 Å². The van der Waals surface area contributed by atoms with Crippen molar-refractivity contribution in [2.24, 2.45) is 0 Å². The quantitative estimate of drug-likeness (QED) is 0.576. The Morgan fingerprint density at radius 2 is 1.26 bits per heavy atom. The topological polar surface area (TPSA) is 55.9 Å². The third kappa shape index (κ3) is 4.22. The van der Waals surface area contributed by atoms with Gasteiger partial charge < -0.3 is 5.32 Å². The third-order valence-corrected chi connectivity index (χ3v) is 6.97. The van der Waals surface area contributed by atoms with Gasteiger partial charge in [-0.3, -0.25) is 14.6 Å². The molecule has 6 heteroatoms. The summed E-state index contributed by atoms with van der Waals surface area (Å²) in [6, 6.07) is 30.5. The number of nitrogens with zero attached hydrogens (tertiary/aromatic N) is 3. The van der Waals surface area contributed by atoms with Gasteiger partial charge in [-0.1, -0.05) is 91.0 Å². The van der Waals surface area contributed by atoms with Crippen LogP contribution in [-0.4, -0.2) is 59.5 Å². The molecule has 0 radical (unpaired) electrons. The van der Waals surface area contributed by atoms with Crippen LogP contribution in [0.15, 0.2) is 91.0 Å². The first-order chi connectivity index (χ1) is 16.6. The van der Waals surface area contributed by atoms with E-state index in [1.165, 1.54) is 16.0 Å². The van der Waals surface area contributed by atoms with Gasteiger partial charge in [0.25, 0.3) is 5.91 Å². The van der Waals surface area contributed by atoms with E-state index in [-0.39, 0.29) is 18.0 Å². The van der Waals surface area contributed by atoms with Crippen LogP contribution in [0.2, 0.25) is 0 Å². The Morgan fingerprint density at radius 1 is 0.765 bits per heavy atom. The Labute approximate surface area is 200 Å². The summed E-state index contributed by atoms with van der Waals surface area (Å²) in [5.74, 6) is -0.197. The monoisotopic (exact) mass is 454 g/mol. The lowest BCUT2D eigenvalue weighted by Gasteiger charge is -2.40. The summed E-state index contributed by atoms with van der Waals surface area (Å²) in [6.07, 6.45) is 0. The number of imide groups is 1. The smallest absolute Gasteiger partial charge is 0.319 e. The van der Waals surface area contributed by atoms with Crippen LogP contribution < -0.4 is 5.32 Å². The molecule has 0 unspecified atom stereocenters. The largest absolute Gasteiger partial charge is 0.326 e. The van der Waals surface area contributed by atoms with Crippen LogP contribution in [0.3, 0.4) is 0 Å². The molecule has 1 atom stereocenters. The molecule has 2 aliphatic rings. The van der Waals surface area contributed by atoms with Crippen LogP contribution in [0.4, 0.5) is 4.79 Å². The van der Waals surface area contributed by atoms with Gasteiger partial charge in [-0.15, -0.1) is 0 Å². The highest BCUT2D eigenvalue weighted by atomic mass is 16.2. The van der Waals surface area contributed by atoms with Gasteiger partial charge in [0.05, 0.1) is 12.7 Å². The molecule has 6 nitrogen and oxygen atoms in total.